The number of hydrogen-bond acceptors (Lipinski definition) is 2. The molecule has 2 aromatic rings. The largest absolute Gasteiger partial charge is 0.330 e. The summed E-state index contributed by atoms with van der Waals surface area (Å²) in [4.78, 5) is 4.20. The van der Waals surface area contributed by atoms with Crippen LogP contribution in [-0.2, 0) is 7.05 Å². The van der Waals surface area contributed by atoms with Gasteiger partial charge in [-0.2, -0.15) is 5.26 Å². The fourth-order valence-corrected chi connectivity index (χ4v) is 1.75. The molecule has 3 nitrogen and oxygen atoms in total. The number of aryl methyl sites for hydroxylation is 1. The summed E-state index contributed by atoms with van der Waals surface area (Å²) in [6.07, 6.45) is 0. The first-order valence-corrected chi connectivity index (χ1v) is 5.20. The van der Waals surface area contributed by atoms with Crippen LogP contribution < -0.4 is 0 Å². The summed E-state index contributed by atoms with van der Waals surface area (Å²) in [5, 5.41) is 9.70. The van der Waals surface area contributed by atoms with Gasteiger partial charge in [0.2, 0.25) is 0 Å². The smallest absolute Gasteiger partial charge is 0.166 e. The zero-order valence-corrected chi connectivity index (χ0v) is 9.78. The number of hydrogen-bond donors (Lipinski definition) is 0. The molecule has 0 N–H and O–H groups in total. The number of benzene rings is 1. The van der Waals surface area contributed by atoms with Gasteiger partial charge in [0.15, 0.2) is 5.69 Å². The highest BCUT2D eigenvalue weighted by atomic mass is 35.5. The Hall–Kier alpha value is -1.79. The van der Waals surface area contributed by atoms with Crippen LogP contribution in [0.4, 0.5) is 0 Å². The van der Waals surface area contributed by atoms with E-state index in [9.17, 15) is 0 Å². The SMILES string of the molecule is Cc1nc(C#N)c(-c2ccc(Cl)cc2)n1C. The third kappa shape index (κ3) is 1.68. The van der Waals surface area contributed by atoms with Gasteiger partial charge in [-0.1, -0.05) is 23.7 Å². The summed E-state index contributed by atoms with van der Waals surface area (Å²) >= 11 is 5.83. The third-order valence-corrected chi connectivity index (χ3v) is 2.79. The molecule has 0 aliphatic carbocycles. The zero-order chi connectivity index (χ0) is 11.7. The van der Waals surface area contributed by atoms with E-state index < -0.39 is 0 Å². The molecule has 2 rings (SSSR count). The van der Waals surface area contributed by atoms with E-state index in [1.165, 1.54) is 0 Å². The normalized spacial score (nSPS) is 10.1. The first-order chi connectivity index (χ1) is 7.63. The van der Waals surface area contributed by atoms with E-state index in [0.717, 1.165) is 17.1 Å². The van der Waals surface area contributed by atoms with Crippen LogP contribution >= 0.6 is 11.6 Å². The molecule has 0 unspecified atom stereocenters. The summed E-state index contributed by atoms with van der Waals surface area (Å²) in [7, 11) is 1.90. The summed E-state index contributed by atoms with van der Waals surface area (Å²) in [5.74, 6) is 0.821. The van der Waals surface area contributed by atoms with Crippen LogP contribution in [0.2, 0.25) is 5.02 Å². The molecule has 0 spiro atoms. The van der Waals surface area contributed by atoms with Crippen LogP contribution in [0.5, 0.6) is 0 Å². The first kappa shape index (κ1) is 10.7. The molecule has 80 valence electrons. The predicted molar refractivity (Wildman–Crippen MR) is 63.1 cm³/mol. The topological polar surface area (TPSA) is 41.6 Å². The minimum absolute atomic E-state index is 0.447. The number of nitrogens with zero attached hydrogens (tertiary/aromatic N) is 3. The van der Waals surface area contributed by atoms with Crippen LogP contribution in [0.1, 0.15) is 11.5 Å². The summed E-state index contributed by atoms with van der Waals surface area (Å²) in [6, 6.07) is 9.49. The van der Waals surface area contributed by atoms with Gasteiger partial charge in [-0.25, -0.2) is 4.98 Å². The quantitative estimate of drug-likeness (QED) is 0.757. The fraction of sp³-hybridized carbons (Fsp3) is 0.167. The molecule has 0 bridgehead atoms. The van der Waals surface area contributed by atoms with Gasteiger partial charge in [-0.15, -0.1) is 0 Å². The van der Waals surface area contributed by atoms with E-state index in [0.29, 0.717) is 10.7 Å². The van der Waals surface area contributed by atoms with Gasteiger partial charge in [0.05, 0.1) is 5.69 Å². The molecule has 0 fully saturated rings. The van der Waals surface area contributed by atoms with Crippen molar-refractivity contribution in [1.82, 2.24) is 9.55 Å². The van der Waals surface area contributed by atoms with Crippen molar-refractivity contribution in [3.05, 3.63) is 40.8 Å². The van der Waals surface area contributed by atoms with Crippen LogP contribution in [-0.4, -0.2) is 9.55 Å². The molecule has 0 amide bonds. The standard InChI is InChI=1S/C12H10ClN3/c1-8-15-11(7-14)12(16(8)2)9-3-5-10(13)6-4-9/h3-6H,1-2H3. The van der Waals surface area contributed by atoms with E-state index in [4.69, 9.17) is 16.9 Å². The monoisotopic (exact) mass is 231 g/mol. The molecule has 1 aromatic heterocycles. The van der Waals surface area contributed by atoms with Crippen molar-refractivity contribution in [3.8, 4) is 17.3 Å². The second-order valence-corrected chi connectivity index (χ2v) is 3.97. The molecule has 1 heterocycles. The minimum Gasteiger partial charge on any atom is -0.330 e. The molecular formula is C12H10ClN3. The Kier molecular flexibility index (Phi) is 2.67. The maximum absolute atomic E-state index is 9.02. The number of nitriles is 1. The fourth-order valence-electron chi connectivity index (χ4n) is 1.63. The van der Waals surface area contributed by atoms with Gasteiger partial charge in [0, 0.05) is 17.6 Å². The van der Waals surface area contributed by atoms with Crippen molar-refractivity contribution < 1.29 is 0 Å². The van der Waals surface area contributed by atoms with Gasteiger partial charge < -0.3 is 4.57 Å². The van der Waals surface area contributed by atoms with E-state index in [2.05, 4.69) is 11.1 Å². The second-order valence-electron chi connectivity index (χ2n) is 3.53. The molecule has 0 saturated heterocycles. The van der Waals surface area contributed by atoms with Crippen molar-refractivity contribution in [2.24, 2.45) is 7.05 Å². The van der Waals surface area contributed by atoms with Gasteiger partial charge in [0.1, 0.15) is 11.9 Å². The molecular weight excluding hydrogens is 222 g/mol. The van der Waals surface area contributed by atoms with Gasteiger partial charge in [-0.05, 0) is 19.1 Å². The molecule has 0 aliphatic heterocycles. The van der Waals surface area contributed by atoms with Gasteiger partial charge >= 0.3 is 0 Å². The van der Waals surface area contributed by atoms with Crippen molar-refractivity contribution in [1.29, 1.82) is 5.26 Å². The van der Waals surface area contributed by atoms with Crippen LogP contribution in [0.25, 0.3) is 11.3 Å². The van der Waals surface area contributed by atoms with E-state index >= 15 is 0 Å². The molecule has 0 saturated carbocycles. The average Bonchev–Trinajstić information content (AvgIpc) is 2.57. The molecule has 4 heteroatoms. The summed E-state index contributed by atoms with van der Waals surface area (Å²) in [5.41, 5.74) is 2.23. The number of aromatic nitrogens is 2. The molecule has 0 atom stereocenters. The highest BCUT2D eigenvalue weighted by molar-refractivity contribution is 6.30. The lowest BCUT2D eigenvalue weighted by Crippen LogP contribution is -1.94. The zero-order valence-electron chi connectivity index (χ0n) is 9.03. The van der Waals surface area contributed by atoms with Gasteiger partial charge in [-0.3, -0.25) is 0 Å². The summed E-state index contributed by atoms with van der Waals surface area (Å²) in [6.45, 7) is 1.88. The Morgan fingerprint density at radius 3 is 2.50 bits per heavy atom. The van der Waals surface area contributed by atoms with Crippen LogP contribution in [0.3, 0.4) is 0 Å². The van der Waals surface area contributed by atoms with Crippen molar-refractivity contribution in [2.75, 3.05) is 0 Å². The maximum atomic E-state index is 9.02. The lowest BCUT2D eigenvalue weighted by atomic mass is 10.1. The van der Waals surface area contributed by atoms with Crippen LogP contribution in [0.15, 0.2) is 24.3 Å². The van der Waals surface area contributed by atoms with Crippen molar-refractivity contribution >= 4 is 11.6 Å². The minimum atomic E-state index is 0.447. The predicted octanol–water partition coefficient (Wildman–Crippen LogP) is 2.92. The lowest BCUT2D eigenvalue weighted by molar-refractivity contribution is 0.865. The van der Waals surface area contributed by atoms with Crippen LogP contribution in [0, 0.1) is 18.3 Å². The Balaban J connectivity index is 2.64. The third-order valence-electron chi connectivity index (χ3n) is 2.54. The van der Waals surface area contributed by atoms with E-state index in [1.807, 2.05) is 30.7 Å². The number of rotatable bonds is 1. The lowest BCUT2D eigenvalue weighted by Gasteiger charge is -2.04. The first-order valence-electron chi connectivity index (χ1n) is 4.83. The number of halogens is 1. The van der Waals surface area contributed by atoms with Crippen molar-refractivity contribution in [3.63, 3.8) is 0 Å². The highest BCUT2D eigenvalue weighted by Crippen LogP contribution is 2.25. The molecule has 0 radical (unpaired) electrons. The van der Waals surface area contributed by atoms with E-state index in [-0.39, 0.29) is 0 Å². The average molecular weight is 232 g/mol. The van der Waals surface area contributed by atoms with Gasteiger partial charge in [0.25, 0.3) is 0 Å². The van der Waals surface area contributed by atoms with E-state index in [1.54, 1.807) is 12.1 Å². The Bertz CT molecular complexity index is 561. The highest BCUT2D eigenvalue weighted by Gasteiger charge is 2.13. The summed E-state index contributed by atoms with van der Waals surface area (Å²) < 4.78 is 1.90. The Morgan fingerprint density at radius 2 is 1.94 bits per heavy atom. The Labute approximate surface area is 98.9 Å². The van der Waals surface area contributed by atoms with Crippen molar-refractivity contribution in [2.45, 2.75) is 6.92 Å². The molecule has 0 aliphatic rings. The Morgan fingerprint density at radius 1 is 1.31 bits per heavy atom. The molecule has 16 heavy (non-hydrogen) atoms. The number of imidazole rings is 1. The second kappa shape index (κ2) is 3.99. The molecule has 1 aromatic carbocycles. The maximum Gasteiger partial charge on any atom is 0.166 e.